The highest BCUT2D eigenvalue weighted by molar-refractivity contribution is 7.99. The summed E-state index contributed by atoms with van der Waals surface area (Å²) in [6.07, 6.45) is 4.92. The van der Waals surface area contributed by atoms with Gasteiger partial charge in [0.05, 0.1) is 0 Å². The number of rotatable bonds is 7. The van der Waals surface area contributed by atoms with E-state index in [-0.39, 0.29) is 11.8 Å². The summed E-state index contributed by atoms with van der Waals surface area (Å²) in [6, 6.07) is 2.20. The van der Waals surface area contributed by atoms with Crippen molar-refractivity contribution in [2.45, 2.75) is 56.8 Å². The number of pyridine rings is 1. The largest absolute Gasteiger partial charge is 0.481 e. The summed E-state index contributed by atoms with van der Waals surface area (Å²) in [5.41, 5.74) is 2.29. The predicted molar refractivity (Wildman–Crippen MR) is 86.9 cm³/mol. The number of carbonyl (C=O) groups is 1. The average molecular weight is 306 g/mol. The number of carboxylic acids is 1. The van der Waals surface area contributed by atoms with Crippen LogP contribution in [-0.4, -0.2) is 27.5 Å². The fourth-order valence-electron chi connectivity index (χ4n) is 2.30. The number of aliphatic imine (C=N–C) groups is 1. The Hall–Kier alpha value is -1.36. The van der Waals surface area contributed by atoms with Crippen LogP contribution in [0.25, 0.3) is 0 Å². The summed E-state index contributed by atoms with van der Waals surface area (Å²) in [5.74, 6) is 1.15. The normalized spacial score (nSPS) is 15.7. The molecule has 0 aliphatic carbocycles. The number of unbranched alkanes of at least 4 members (excludes halogenated alkanes) is 2. The van der Waals surface area contributed by atoms with Crippen molar-refractivity contribution in [2.24, 2.45) is 4.99 Å². The number of hydrogen-bond acceptors (Lipinski definition) is 4. The molecular formula is C16H22N2O2S. The Bertz CT molecular complexity index is 567. The Morgan fingerprint density at radius 1 is 1.33 bits per heavy atom. The first-order chi connectivity index (χ1) is 9.91. The fourth-order valence-corrected chi connectivity index (χ4v) is 3.22. The van der Waals surface area contributed by atoms with E-state index in [1.165, 1.54) is 10.5 Å². The number of carboxylic acid groups (broad SMARTS) is 1. The smallest absolute Gasteiger partial charge is 0.303 e. The van der Waals surface area contributed by atoms with Crippen LogP contribution in [0, 0.1) is 0 Å². The van der Waals surface area contributed by atoms with E-state index >= 15 is 0 Å². The van der Waals surface area contributed by atoms with E-state index in [1.54, 1.807) is 11.8 Å². The van der Waals surface area contributed by atoms with Gasteiger partial charge < -0.3 is 5.11 Å². The number of hydrogen-bond donors (Lipinski definition) is 1. The number of aliphatic carboxylic acids is 1. The molecule has 5 heteroatoms. The van der Waals surface area contributed by atoms with Crippen molar-refractivity contribution in [1.82, 2.24) is 4.98 Å². The number of fused-ring (bicyclic) bond motifs is 1. The van der Waals surface area contributed by atoms with E-state index in [1.807, 2.05) is 6.20 Å². The van der Waals surface area contributed by atoms with Crippen LogP contribution in [0.4, 0.5) is 5.82 Å². The second-order valence-electron chi connectivity index (χ2n) is 5.92. The lowest BCUT2D eigenvalue weighted by Crippen LogP contribution is -2.22. The third kappa shape index (κ3) is 3.84. The lowest BCUT2D eigenvalue weighted by atomic mass is 9.83. The van der Waals surface area contributed by atoms with Crippen molar-refractivity contribution in [3.8, 4) is 0 Å². The maximum Gasteiger partial charge on any atom is 0.303 e. The lowest BCUT2D eigenvalue weighted by molar-refractivity contribution is -0.137. The molecule has 1 aromatic rings. The van der Waals surface area contributed by atoms with E-state index in [0.717, 1.165) is 36.5 Å². The van der Waals surface area contributed by atoms with E-state index in [2.05, 4.69) is 36.8 Å². The van der Waals surface area contributed by atoms with Gasteiger partial charge in [-0.25, -0.2) is 9.98 Å². The monoisotopic (exact) mass is 306 g/mol. The van der Waals surface area contributed by atoms with E-state index in [4.69, 9.17) is 5.11 Å². The maximum atomic E-state index is 10.4. The first-order valence-electron chi connectivity index (χ1n) is 7.32. The third-order valence-electron chi connectivity index (χ3n) is 4.00. The predicted octanol–water partition coefficient (Wildman–Crippen LogP) is 4.20. The molecule has 0 saturated heterocycles. The summed E-state index contributed by atoms with van der Waals surface area (Å²) in [4.78, 5) is 20.6. The standard InChI is InChI=1S/C16H22N2O2S/c1-11-16(2,3)13-9-12(10-17-15(13)18-11)21-8-6-4-5-7-14(19)20/h9-10H,4-8H2,1-3H3,(H,19,20). The minimum Gasteiger partial charge on any atom is -0.481 e. The topological polar surface area (TPSA) is 62.5 Å². The minimum absolute atomic E-state index is 0.0274. The third-order valence-corrected chi connectivity index (χ3v) is 5.05. The zero-order valence-electron chi connectivity index (χ0n) is 12.8. The highest BCUT2D eigenvalue weighted by Crippen LogP contribution is 2.40. The van der Waals surface area contributed by atoms with Gasteiger partial charge in [0.25, 0.3) is 0 Å². The summed E-state index contributed by atoms with van der Waals surface area (Å²) in [5, 5.41) is 8.58. The van der Waals surface area contributed by atoms with Crippen LogP contribution >= 0.6 is 11.8 Å². The molecule has 114 valence electrons. The highest BCUT2D eigenvalue weighted by Gasteiger charge is 2.33. The summed E-state index contributed by atoms with van der Waals surface area (Å²) < 4.78 is 0. The van der Waals surface area contributed by atoms with Crippen molar-refractivity contribution in [3.05, 3.63) is 17.8 Å². The molecule has 21 heavy (non-hydrogen) atoms. The molecule has 2 heterocycles. The molecule has 4 nitrogen and oxygen atoms in total. The van der Waals surface area contributed by atoms with Crippen LogP contribution < -0.4 is 0 Å². The second kappa shape index (κ2) is 6.60. The molecule has 1 aliphatic heterocycles. The molecular weight excluding hydrogens is 284 g/mol. The zero-order valence-corrected chi connectivity index (χ0v) is 13.7. The number of nitrogens with zero attached hydrogens (tertiary/aromatic N) is 2. The van der Waals surface area contributed by atoms with Crippen molar-refractivity contribution in [2.75, 3.05) is 5.75 Å². The van der Waals surface area contributed by atoms with Gasteiger partial charge in [0.2, 0.25) is 0 Å². The molecule has 0 fully saturated rings. The van der Waals surface area contributed by atoms with Crippen molar-refractivity contribution in [1.29, 1.82) is 0 Å². The summed E-state index contributed by atoms with van der Waals surface area (Å²) >= 11 is 1.79. The summed E-state index contributed by atoms with van der Waals surface area (Å²) in [7, 11) is 0. The first-order valence-corrected chi connectivity index (χ1v) is 8.30. The number of aromatic nitrogens is 1. The van der Waals surface area contributed by atoms with Crippen LogP contribution in [-0.2, 0) is 10.2 Å². The van der Waals surface area contributed by atoms with Crippen LogP contribution in [0.1, 0.15) is 52.0 Å². The van der Waals surface area contributed by atoms with Crippen molar-refractivity contribution >= 4 is 29.3 Å². The SMILES string of the molecule is CC1=Nc2ncc(SCCCCCC(=O)O)cc2C1(C)C. The van der Waals surface area contributed by atoms with E-state index in [9.17, 15) is 4.79 Å². The van der Waals surface area contributed by atoms with Gasteiger partial charge in [-0.05, 0) is 31.6 Å². The van der Waals surface area contributed by atoms with E-state index in [0.29, 0.717) is 0 Å². The molecule has 1 aliphatic rings. The molecule has 2 rings (SSSR count). The Morgan fingerprint density at radius 2 is 2.10 bits per heavy atom. The van der Waals surface area contributed by atoms with Crippen LogP contribution in [0.5, 0.6) is 0 Å². The van der Waals surface area contributed by atoms with Crippen LogP contribution in [0.3, 0.4) is 0 Å². The van der Waals surface area contributed by atoms with Crippen LogP contribution in [0.2, 0.25) is 0 Å². The molecule has 0 amide bonds. The van der Waals surface area contributed by atoms with Crippen molar-refractivity contribution in [3.63, 3.8) is 0 Å². The lowest BCUT2D eigenvalue weighted by Gasteiger charge is -2.19. The molecule has 0 unspecified atom stereocenters. The Balaban J connectivity index is 1.85. The van der Waals surface area contributed by atoms with Gasteiger partial charge >= 0.3 is 5.97 Å². The average Bonchev–Trinajstić information content (AvgIpc) is 2.64. The van der Waals surface area contributed by atoms with Crippen LogP contribution in [0.15, 0.2) is 22.2 Å². The van der Waals surface area contributed by atoms with Gasteiger partial charge in [-0.3, -0.25) is 4.79 Å². The Kier molecular flexibility index (Phi) is 5.04. The van der Waals surface area contributed by atoms with Gasteiger partial charge in [0.15, 0.2) is 5.82 Å². The maximum absolute atomic E-state index is 10.4. The molecule has 0 saturated carbocycles. The van der Waals surface area contributed by atoms with Gasteiger partial charge in [-0.1, -0.05) is 20.3 Å². The summed E-state index contributed by atoms with van der Waals surface area (Å²) in [6.45, 7) is 6.41. The quantitative estimate of drug-likeness (QED) is 0.605. The fraction of sp³-hybridized carbons (Fsp3) is 0.562. The molecule has 0 atom stereocenters. The Labute approximate surface area is 130 Å². The number of thioether (sulfide) groups is 1. The van der Waals surface area contributed by atoms with E-state index < -0.39 is 5.97 Å². The molecule has 1 N–H and O–H groups in total. The van der Waals surface area contributed by atoms with Gasteiger partial charge in [-0.15, -0.1) is 11.8 Å². The highest BCUT2D eigenvalue weighted by atomic mass is 32.2. The molecule has 0 spiro atoms. The minimum atomic E-state index is -0.705. The molecule has 1 aromatic heterocycles. The second-order valence-corrected chi connectivity index (χ2v) is 7.09. The first kappa shape index (κ1) is 16.0. The Morgan fingerprint density at radius 3 is 2.81 bits per heavy atom. The molecule has 0 aromatic carbocycles. The van der Waals surface area contributed by atoms with Gasteiger partial charge in [0, 0.05) is 34.2 Å². The molecule has 0 bridgehead atoms. The van der Waals surface area contributed by atoms with Crippen molar-refractivity contribution < 1.29 is 9.90 Å². The van der Waals surface area contributed by atoms with Gasteiger partial charge in [-0.2, -0.15) is 0 Å². The zero-order chi connectivity index (χ0) is 15.5. The molecule has 0 radical (unpaired) electrons. The van der Waals surface area contributed by atoms with Gasteiger partial charge in [0.1, 0.15) is 0 Å².